The fraction of sp³-hybridized carbons (Fsp3) is 0.905. The summed E-state index contributed by atoms with van der Waals surface area (Å²) in [6, 6.07) is 0.603. The number of ether oxygens (including phenoxy) is 2. The van der Waals surface area contributed by atoms with E-state index >= 15 is 0 Å². The number of nitrogens with zero attached hydrogens (tertiary/aromatic N) is 1. The largest absolute Gasteiger partial charge is 0.393 e. The Morgan fingerprint density at radius 2 is 1.90 bits per heavy atom. The molecule has 0 radical (unpaired) electrons. The summed E-state index contributed by atoms with van der Waals surface area (Å²) in [4.78, 5) is 2.23. The molecule has 0 bridgehead atoms. The number of aliphatic hydroxyl groups excluding tert-OH is 3. The van der Waals surface area contributed by atoms with Crippen LogP contribution < -0.4 is 5.32 Å². The van der Waals surface area contributed by atoms with Gasteiger partial charge >= 0.3 is 0 Å². The molecule has 0 aromatic rings. The minimum atomic E-state index is -1.60. The van der Waals surface area contributed by atoms with Gasteiger partial charge in [-0.15, -0.1) is 0 Å². The van der Waals surface area contributed by atoms with E-state index in [4.69, 9.17) is 14.6 Å². The molecule has 2 fully saturated rings. The van der Waals surface area contributed by atoms with Gasteiger partial charge in [0.25, 0.3) is 0 Å². The molecule has 5 N–H and O–H groups in total. The van der Waals surface area contributed by atoms with E-state index in [1.54, 1.807) is 13.1 Å². The van der Waals surface area contributed by atoms with E-state index in [0.717, 1.165) is 38.8 Å². The molecule has 0 aromatic carbocycles. The molecule has 6 unspecified atom stereocenters. The number of rotatable bonds is 11. The van der Waals surface area contributed by atoms with E-state index in [1.165, 1.54) is 0 Å². The van der Waals surface area contributed by atoms with E-state index in [0.29, 0.717) is 56.4 Å². The van der Waals surface area contributed by atoms with E-state index in [9.17, 15) is 15.3 Å². The van der Waals surface area contributed by atoms with Crippen molar-refractivity contribution in [1.29, 1.82) is 0 Å². The maximum absolute atomic E-state index is 10.8. The Labute approximate surface area is 173 Å². The molecular weight excluding hydrogens is 376 g/mol. The first-order valence-corrected chi connectivity index (χ1v) is 11.1. The number of hydrogen-bond donors (Lipinski definition) is 5. The van der Waals surface area contributed by atoms with Crippen LogP contribution in [-0.4, -0.2) is 95.4 Å². The lowest BCUT2D eigenvalue weighted by Gasteiger charge is -2.54. The summed E-state index contributed by atoms with van der Waals surface area (Å²) in [5.74, 6) is 0.545. The lowest BCUT2D eigenvalue weighted by molar-refractivity contribution is -0.0734. The number of hydrogen-bond acceptors (Lipinski definition) is 8. The summed E-state index contributed by atoms with van der Waals surface area (Å²) in [7, 11) is 0. The standard InChI is InChI=1S/C21H38N2O6/c1-14(24)4-7-28-9-10-29-8-5-22-16-11-15-3-2-6-23-13-18(21(26)27)20(25)17(12-16)19(15)23/h13-17,19-22,24-27H,2-12H2,1H3. The third-order valence-corrected chi connectivity index (χ3v) is 6.53. The van der Waals surface area contributed by atoms with Gasteiger partial charge in [-0.25, -0.2) is 0 Å². The zero-order valence-corrected chi connectivity index (χ0v) is 17.4. The summed E-state index contributed by atoms with van der Waals surface area (Å²) >= 11 is 0. The predicted octanol–water partition coefficient (Wildman–Crippen LogP) is -0.192. The van der Waals surface area contributed by atoms with Crippen LogP contribution in [0.15, 0.2) is 11.8 Å². The molecule has 2 aliphatic heterocycles. The third-order valence-electron chi connectivity index (χ3n) is 6.53. The van der Waals surface area contributed by atoms with E-state index in [2.05, 4.69) is 10.2 Å². The second kappa shape index (κ2) is 11.0. The van der Waals surface area contributed by atoms with Crippen molar-refractivity contribution in [2.75, 3.05) is 39.5 Å². The fourth-order valence-electron chi connectivity index (χ4n) is 5.19. The SMILES string of the molecule is CC(O)CCOCCOCCNC1CC2CCCN3C=C(C(O)O)C(O)C(C1)C23. The predicted molar refractivity (Wildman–Crippen MR) is 108 cm³/mol. The van der Waals surface area contributed by atoms with Crippen molar-refractivity contribution in [3.8, 4) is 0 Å². The highest BCUT2D eigenvalue weighted by atomic mass is 16.5. The first kappa shape index (κ1) is 22.9. The maximum Gasteiger partial charge on any atom is 0.178 e. The van der Waals surface area contributed by atoms with Crippen LogP contribution in [0.25, 0.3) is 0 Å². The van der Waals surface area contributed by atoms with E-state index < -0.39 is 12.4 Å². The second-order valence-corrected chi connectivity index (χ2v) is 8.73. The van der Waals surface area contributed by atoms with Crippen LogP contribution in [0.5, 0.6) is 0 Å². The third kappa shape index (κ3) is 6.13. The highest BCUT2D eigenvalue weighted by Crippen LogP contribution is 2.44. The average Bonchev–Trinajstić information content (AvgIpc) is 2.68. The summed E-state index contributed by atoms with van der Waals surface area (Å²) in [5.41, 5.74) is 0.325. The smallest absolute Gasteiger partial charge is 0.178 e. The maximum atomic E-state index is 10.8. The molecule has 2 heterocycles. The van der Waals surface area contributed by atoms with Crippen LogP contribution in [0, 0.1) is 11.8 Å². The van der Waals surface area contributed by atoms with Crippen LogP contribution >= 0.6 is 0 Å². The minimum Gasteiger partial charge on any atom is -0.393 e. The Hall–Kier alpha value is -0.740. The Morgan fingerprint density at radius 1 is 1.14 bits per heavy atom. The Bertz CT molecular complexity index is 529. The molecule has 0 aromatic heterocycles. The van der Waals surface area contributed by atoms with Crippen molar-refractivity contribution < 1.29 is 29.9 Å². The van der Waals surface area contributed by atoms with E-state index in [-0.39, 0.29) is 12.0 Å². The highest BCUT2D eigenvalue weighted by molar-refractivity contribution is 5.20. The Kier molecular flexibility index (Phi) is 8.73. The van der Waals surface area contributed by atoms with Gasteiger partial charge in [0.2, 0.25) is 0 Å². The van der Waals surface area contributed by atoms with Crippen LogP contribution in [0.3, 0.4) is 0 Å². The van der Waals surface area contributed by atoms with Crippen molar-refractivity contribution in [1.82, 2.24) is 10.2 Å². The lowest BCUT2D eigenvalue weighted by atomic mass is 9.66. The lowest BCUT2D eigenvalue weighted by Crippen LogP contribution is -2.60. The first-order valence-electron chi connectivity index (χ1n) is 11.1. The molecule has 1 saturated carbocycles. The van der Waals surface area contributed by atoms with Crippen molar-refractivity contribution in [3.05, 3.63) is 11.8 Å². The molecule has 3 aliphatic rings. The van der Waals surface area contributed by atoms with Gasteiger partial charge in [0.15, 0.2) is 6.29 Å². The molecule has 1 aliphatic carbocycles. The molecule has 29 heavy (non-hydrogen) atoms. The monoisotopic (exact) mass is 414 g/mol. The second-order valence-electron chi connectivity index (χ2n) is 8.73. The molecule has 6 atom stereocenters. The fourth-order valence-corrected chi connectivity index (χ4v) is 5.19. The summed E-state index contributed by atoms with van der Waals surface area (Å²) < 4.78 is 11.0. The van der Waals surface area contributed by atoms with Crippen molar-refractivity contribution in [3.63, 3.8) is 0 Å². The molecule has 168 valence electrons. The average molecular weight is 415 g/mol. The van der Waals surface area contributed by atoms with Crippen LogP contribution in [0.1, 0.15) is 39.0 Å². The Balaban J connectivity index is 1.40. The molecular formula is C21H38N2O6. The minimum absolute atomic E-state index is 0.0246. The van der Waals surface area contributed by atoms with Gasteiger partial charge in [-0.1, -0.05) is 0 Å². The summed E-state index contributed by atoms with van der Waals surface area (Å²) in [6.45, 7) is 5.63. The number of piperidine rings is 1. The van der Waals surface area contributed by atoms with Crippen LogP contribution in [-0.2, 0) is 9.47 Å². The zero-order valence-electron chi connectivity index (χ0n) is 17.4. The van der Waals surface area contributed by atoms with Crippen LogP contribution in [0.2, 0.25) is 0 Å². The summed E-state index contributed by atoms with van der Waals surface area (Å²) in [6.07, 6.45) is 3.86. The molecule has 8 nitrogen and oxygen atoms in total. The Morgan fingerprint density at radius 3 is 2.62 bits per heavy atom. The van der Waals surface area contributed by atoms with Crippen molar-refractivity contribution in [2.24, 2.45) is 11.8 Å². The number of nitrogens with one attached hydrogen (secondary N) is 1. The normalized spacial score (nSPS) is 32.8. The molecule has 0 spiro atoms. The van der Waals surface area contributed by atoms with Gasteiger partial charge in [-0.05, 0) is 44.9 Å². The quantitative estimate of drug-likeness (QED) is 0.233. The molecule has 1 saturated heterocycles. The van der Waals surface area contributed by atoms with Gasteiger partial charge in [-0.3, -0.25) is 0 Å². The van der Waals surface area contributed by atoms with Gasteiger partial charge in [0.1, 0.15) is 0 Å². The van der Waals surface area contributed by atoms with Gasteiger partial charge < -0.3 is 40.1 Å². The highest BCUT2D eigenvalue weighted by Gasteiger charge is 2.48. The first-order chi connectivity index (χ1) is 14.0. The zero-order chi connectivity index (χ0) is 20.8. The summed E-state index contributed by atoms with van der Waals surface area (Å²) in [5, 5.41) is 42.8. The topological polar surface area (TPSA) is 115 Å². The van der Waals surface area contributed by atoms with Crippen molar-refractivity contribution in [2.45, 2.75) is 69.6 Å². The number of aliphatic hydroxyl groups is 4. The molecule has 3 rings (SSSR count). The van der Waals surface area contributed by atoms with Gasteiger partial charge in [0, 0.05) is 49.5 Å². The van der Waals surface area contributed by atoms with Crippen molar-refractivity contribution >= 4 is 0 Å². The van der Waals surface area contributed by atoms with Crippen LogP contribution in [0.4, 0.5) is 0 Å². The van der Waals surface area contributed by atoms with E-state index in [1.807, 2.05) is 0 Å². The van der Waals surface area contributed by atoms with Gasteiger partial charge in [-0.2, -0.15) is 0 Å². The molecule has 8 heteroatoms. The van der Waals surface area contributed by atoms with Gasteiger partial charge in [0.05, 0.1) is 32.0 Å². The molecule has 0 amide bonds.